The number of hydrogen-bond donors (Lipinski definition) is 2. The van der Waals surface area contributed by atoms with E-state index in [1.165, 1.54) is 0 Å². The van der Waals surface area contributed by atoms with Gasteiger partial charge in [-0.05, 0) is 52.0 Å². The van der Waals surface area contributed by atoms with Crippen molar-refractivity contribution in [2.24, 2.45) is 0 Å². The minimum Gasteiger partial charge on any atom is -0.423 e. The van der Waals surface area contributed by atoms with Crippen LogP contribution in [0.15, 0.2) is 66.7 Å². The van der Waals surface area contributed by atoms with E-state index in [1.807, 2.05) is 48.5 Å². The molecule has 3 heteroatoms. The van der Waals surface area contributed by atoms with Gasteiger partial charge >= 0.3 is 7.12 Å². The highest BCUT2D eigenvalue weighted by atomic mass is 16.4. The van der Waals surface area contributed by atoms with Crippen molar-refractivity contribution in [1.29, 1.82) is 0 Å². The lowest BCUT2D eigenvalue weighted by atomic mass is 9.77. The van der Waals surface area contributed by atoms with Gasteiger partial charge in [-0.1, -0.05) is 54.6 Å². The monoisotopic (exact) mass is 272 g/mol. The molecule has 100 valence electrons. The average molecular weight is 272 g/mol. The van der Waals surface area contributed by atoms with Crippen LogP contribution in [0.25, 0.3) is 22.3 Å². The Labute approximate surface area is 124 Å². The minimum absolute atomic E-state index is 0.471. The van der Waals surface area contributed by atoms with Crippen molar-refractivity contribution in [2.45, 2.75) is 0 Å². The normalized spacial score (nSPS) is 10.0. The van der Waals surface area contributed by atoms with Crippen LogP contribution in [-0.4, -0.2) is 17.2 Å². The fourth-order valence-corrected chi connectivity index (χ4v) is 2.29. The molecule has 3 aromatic carbocycles. The minimum atomic E-state index is -1.49. The number of rotatable bonds is 3. The highest BCUT2D eigenvalue weighted by Gasteiger charge is 2.14. The molecular formula is C18H13BO2. The second-order valence-electron chi connectivity index (χ2n) is 4.81. The SMILES string of the molecule is OB(O)c1cc(-c2cc#ccc2)cc(-c2ccccc2)c1. The molecule has 0 heterocycles. The maximum absolute atomic E-state index is 9.51. The van der Waals surface area contributed by atoms with Gasteiger partial charge in [-0.2, -0.15) is 0 Å². The van der Waals surface area contributed by atoms with E-state index in [2.05, 4.69) is 12.1 Å². The maximum atomic E-state index is 9.51. The molecule has 0 aromatic heterocycles. The van der Waals surface area contributed by atoms with Gasteiger partial charge in [0.05, 0.1) is 0 Å². The Balaban J connectivity index is 2.16. The molecule has 0 saturated carbocycles. The third kappa shape index (κ3) is 2.98. The van der Waals surface area contributed by atoms with E-state index in [-0.39, 0.29) is 0 Å². The molecule has 0 bridgehead atoms. The lowest BCUT2D eigenvalue weighted by molar-refractivity contribution is 0.426. The first kappa shape index (κ1) is 13.4. The third-order valence-electron chi connectivity index (χ3n) is 3.35. The molecule has 0 radical (unpaired) electrons. The fraction of sp³-hybridized carbons (Fsp3) is 0. The summed E-state index contributed by atoms with van der Waals surface area (Å²) in [6, 6.07) is 26.8. The van der Waals surface area contributed by atoms with Gasteiger partial charge in [0.2, 0.25) is 0 Å². The van der Waals surface area contributed by atoms with Crippen molar-refractivity contribution in [2.75, 3.05) is 0 Å². The van der Waals surface area contributed by atoms with E-state index in [0.717, 1.165) is 22.3 Å². The molecule has 0 aliphatic carbocycles. The Morgan fingerprint density at radius 1 is 0.714 bits per heavy atom. The second-order valence-corrected chi connectivity index (χ2v) is 4.81. The predicted molar refractivity (Wildman–Crippen MR) is 84.8 cm³/mol. The van der Waals surface area contributed by atoms with Gasteiger partial charge in [0.25, 0.3) is 0 Å². The van der Waals surface area contributed by atoms with Crippen LogP contribution in [0.5, 0.6) is 0 Å². The van der Waals surface area contributed by atoms with E-state index in [9.17, 15) is 10.0 Å². The average Bonchev–Trinajstić information content (AvgIpc) is 2.56. The zero-order chi connectivity index (χ0) is 14.7. The third-order valence-corrected chi connectivity index (χ3v) is 3.35. The van der Waals surface area contributed by atoms with E-state index < -0.39 is 7.12 Å². The maximum Gasteiger partial charge on any atom is 0.488 e. The molecule has 2 N–H and O–H groups in total. The highest BCUT2D eigenvalue weighted by Crippen LogP contribution is 2.25. The summed E-state index contributed by atoms with van der Waals surface area (Å²) in [5.74, 6) is 0. The summed E-state index contributed by atoms with van der Waals surface area (Å²) < 4.78 is 0. The van der Waals surface area contributed by atoms with Crippen LogP contribution in [0.4, 0.5) is 0 Å². The Morgan fingerprint density at radius 2 is 1.43 bits per heavy atom. The van der Waals surface area contributed by atoms with Crippen molar-refractivity contribution in [3.05, 3.63) is 78.9 Å². The summed E-state index contributed by atoms with van der Waals surface area (Å²) in [7, 11) is -1.49. The molecule has 3 rings (SSSR count). The summed E-state index contributed by atoms with van der Waals surface area (Å²) in [6.07, 6.45) is 0. The summed E-state index contributed by atoms with van der Waals surface area (Å²) in [6.45, 7) is 0. The molecule has 0 saturated heterocycles. The van der Waals surface area contributed by atoms with Gasteiger partial charge < -0.3 is 10.0 Å². The van der Waals surface area contributed by atoms with Crippen molar-refractivity contribution < 1.29 is 10.0 Å². The van der Waals surface area contributed by atoms with Crippen LogP contribution in [0.3, 0.4) is 0 Å². The fourth-order valence-electron chi connectivity index (χ4n) is 2.29. The predicted octanol–water partition coefficient (Wildman–Crippen LogP) is 2.30. The molecule has 21 heavy (non-hydrogen) atoms. The van der Waals surface area contributed by atoms with E-state index in [1.54, 1.807) is 18.2 Å². The highest BCUT2D eigenvalue weighted by molar-refractivity contribution is 6.58. The summed E-state index contributed by atoms with van der Waals surface area (Å²) in [5.41, 5.74) is 4.34. The second kappa shape index (κ2) is 5.84. The van der Waals surface area contributed by atoms with E-state index in [0.29, 0.717) is 5.46 Å². The first-order chi connectivity index (χ1) is 10.2. The molecule has 0 aliphatic rings. The Hall–Kier alpha value is -2.54. The Kier molecular flexibility index (Phi) is 3.74. The van der Waals surface area contributed by atoms with Crippen molar-refractivity contribution in [3.8, 4) is 22.3 Å². The first-order valence-electron chi connectivity index (χ1n) is 6.69. The van der Waals surface area contributed by atoms with E-state index in [4.69, 9.17) is 0 Å². The zero-order valence-corrected chi connectivity index (χ0v) is 11.3. The van der Waals surface area contributed by atoms with Crippen LogP contribution in [-0.2, 0) is 0 Å². The summed E-state index contributed by atoms with van der Waals surface area (Å²) in [5, 5.41) is 19.0. The van der Waals surface area contributed by atoms with Crippen LogP contribution in [0, 0.1) is 12.1 Å². The lowest BCUT2D eigenvalue weighted by Gasteiger charge is -2.10. The standard InChI is InChI=1S/C18H13BO2/c20-19(21)18-12-16(14-7-3-1-4-8-14)11-17(13-18)15-9-5-2-6-10-15/h1,3-5,7-13,20-21H. The molecule has 0 aliphatic heterocycles. The van der Waals surface area contributed by atoms with Crippen molar-refractivity contribution >= 4 is 12.6 Å². The largest absolute Gasteiger partial charge is 0.488 e. The molecule has 0 fully saturated rings. The van der Waals surface area contributed by atoms with Crippen LogP contribution < -0.4 is 5.46 Å². The zero-order valence-electron chi connectivity index (χ0n) is 11.3. The van der Waals surface area contributed by atoms with Crippen LogP contribution >= 0.6 is 0 Å². The quantitative estimate of drug-likeness (QED) is 0.718. The Morgan fingerprint density at radius 3 is 2.05 bits per heavy atom. The first-order valence-corrected chi connectivity index (χ1v) is 6.69. The molecular weight excluding hydrogens is 259 g/mol. The van der Waals surface area contributed by atoms with Gasteiger partial charge in [-0.3, -0.25) is 0 Å². The number of hydrogen-bond acceptors (Lipinski definition) is 2. The van der Waals surface area contributed by atoms with Crippen LogP contribution in [0.1, 0.15) is 0 Å². The lowest BCUT2D eigenvalue weighted by Crippen LogP contribution is -2.29. The van der Waals surface area contributed by atoms with Crippen molar-refractivity contribution in [3.63, 3.8) is 0 Å². The van der Waals surface area contributed by atoms with Gasteiger partial charge in [-0.15, -0.1) is 0 Å². The van der Waals surface area contributed by atoms with Gasteiger partial charge in [0.15, 0.2) is 0 Å². The molecule has 3 aromatic rings. The van der Waals surface area contributed by atoms with E-state index >= 15 is 0 Å². The summed E-state index contributed by atoms with van der Waals surface area (Å²) in [4.78, 5) is 0. The van der Waals surface area contributed by atoms with Crippen molar-refractivity contribution in [1.82, 2.24) is 0 Å². The number of benzene rings is 2. The summed E-state index contributed by atoms with van der Waals surface area (Å²) >= 11 is 0. The molecule has 0 unspecified atom stereocenters. The molecule has 2 nitrogen and oxygen atoms in total. The smallest absolute Gasteiger partial charge is 0.423 e. The molecule has 0 amide bonds. The molecule has 0 spiro atoms. The Bertz CT molecular complexity index is 667. The molecule has 0 atom stereocenters. The van der Waals surface area contributed by atoms with Gasteiger partial charge in [0.1, 0.15) is 0 Å². The van der Waals surface area contributed by atoms with Crippen LogP contribution in [0.2, 0.25) is 0 Å². The van der Waals surface area contributed by atoms with Gasteiger partial charge in [0, 0.05) is 0 Å². The van der Waals surface area contributed by atoms with Gasteiger partial charge in [-0.25, -0.2) is 0 Å². The topological polar surface area (TPSA) is 40.5 Å².